The number of hydrogen-bond acceptors (Lipinski definition) is 5. The molecule has 0 radical (unpaired) electrons. The SMILES string of the molecule is COc1cc(Nc2cc3nc(C)sc3cc2N)ccc1F. The summed E-state index contributed by atoms with van der Waals surface area (Å²) in [5.74, 6) is -0.217. The van der Waals surface area contributed by atoms with E-state index < -0.39 is 5.82 Å². The highest BCUT2D eigenvalue weighted by Crippen LogP contribution is 2.32. The summed E-state index contributed by atoms with van der Waals surface area (Å²) in [5.41, 5.74) is 9.00. The second-order valence-corrected chi connectivity index (χ2v) is 5.85. The highest BCUT2D eigenvalue weighted by molar-refractivity contribution is 7.18. The van der Waals surface area contributed by atoms with E-state index in [4.69, 9.17) is 10.5 Å². The van der Waals surface area contributed by atoms with E-state index in [2.05, 4.69) is 10.3 Å². The molecule has 0 aliphatic carbocycles. The number of fused-ring (bicyclic) bond motifs is 1. The van der Waals surface area contributed by atoms with Gasteiger partial charge in [0.05, 0.1) is 33.7 Å². The molecule has 4 nitrogen and oxygen atoms in total. The maximum atomic E-state index is 13.4. The molecular weight excluding hydrogens is 289 g/mol. The number of aromatic nitrogens is 1. The lowest BCUT2D eigenvalue weighted by Crippen LogP contribution is -1.97. The van der Waals surface area contributed by atoms with Crippen LogP contribution in [0.25, 0.3) is 10.2 Å². The first-order valence-corrected chi connectivity index (χ1v) is 7.15. The van der Waals surface area contributed by atoms with Gasteiger partial charge in [-0.25, -0.2) is 9.37 Å². The molecule has 0 saturated carbocycles. The van der Waals surface area contributed by atoms with E-state index in [9.17, 15) is 4.39 Å². The Balaban J connectivity index is 1.99. The molecule has 108 valence electrons. The standard InChI is InChI=1S/C15H14FN3OS/c1-8-18-13-7-12(11(17)6-15(13)21-8)19-9-3-4-10(16)14(5-9)20-2/h3-7,19H,17H2,1-2H3. The quantitative estimate of drug-likeness (QED) is 0.716. The van der Waals surface area contributed by atoms with E-state index in [0.29, 0.717) is 11.4 Å². The minimum Gasteiger partial charge on any atom is -0.494 e. The molecule has 0 atom stereocenters. The number of halogens is 1. The van der Waals surface area contributed by atoms with Gasteiger partial charge >= 0.3 is 0 Å². The van der Waals surface area contributed by atoms with E-state index >= 15 is 0 Å². The largest absolute Gasteiger partial charge is 0.494 e. The Morgan fingerprint density at radius 3 is 2.86 bits per heavy atom. The monoisotopic (exact) mass is 303 g/mol. The van der Waals surface area contributed by atoms with Crippen molar-refractivity contribution in [3.05, 3.63) is 41.2 Å². The Hall–Kier alpha value is -2.34. The molecule has 0 saturated heterocycles. The van der Waals surface area contributed by atoms with E-state index in [1.54, 1.807) is 23.5 Å². The van der Waals surface area contributed by atoms with Crippen LogP contribution in [0.5, 0.6) is 5.75 Å². The molecule has 3 N–H and O–H groups in total. The van der Waals surface area contributed by atoms with Gasteiger partial charge in [0.2, 0.25) is 0 Å². The van der Waals surface area contributed by atoms with Gasteiger partial charge in [0.15, 0.2) is 11.6 Å². The van der Waals surface area contributed by atoms with Crippen molar-refractivity contribution in [2.24, 2.45) is 0 Å². The summed E-state index contributed by atoms with van der Waals surface area (Å²) >= 11 is 1.60. The van der Waals surface area contributed by atoms with E-state index in [-0.39, 0.29) is 5.75 Å². The number of benzene rings is 2. The van der Waals surface area contributed by atoms with Crippen molar-refractivity contribution in [2.45, 2.75) is 6.92 Å². The van der Waals surface area contributed by atoms with Gasteiger partial charge in [-0.05, 0) is 31.2 Å². The number of methoxy groups -OCH3 is 1. The van der Waals surface area contributed by atoms with Crippen LogP contribution in [0.4, 0.5) is 21.5 Å². The normalized spacial score (nSPS) is 10.8. The van der Waals surface area contributed by atoms with Crippen LogP contribution < -0.4 is 15.8 Å². The summed E-state index contributed by atoms with van der Waals surface area (Å²) in [6.45, 7) is 1.96. The van der Waals surface area contributed by atoms with E-state index in [1.807, 2.05) is 19.1 Å². The second kappa shape index (κ2) is 5.21. The average Bonchev–Trinajstić information content (AvgIpc) is 2.80. The number of nitrogens with zero attached hydrogens (tertiary/aromatic N) is 1. The number of nitrogens with one attached hydrogen (secondary N) is 1. The molecule has 1 heterocycles. The fraction of sp³-hybridized carbons (Fsp3) is 0.133. The van der Waals surface area contributed by atoms with Gasteiger partial charge in [-0.3, -0.25) is 0 Å². The van der Waals surface area contributed by atoms with Crippen LogP contribution in [0.3, 0.4) is 0 Å². The van der Waals surface area contributed by atoms with Crippen molar-refractivity contribution < 1.29 is 9.13 Å². The predicted molar refractivity (Wildman–Crippen MR) is 85.0 cm³/mol. The summed E-state index contributed by atoms with van der Waals surface area (Å²) in [6, 6.07) is 8.36. The maximum Gasteiger partial charge on any atom is 0.165 e. The second-order valence-electron chi connectivity index (χ2n) is 4.61. The molecule has 0 unspecified atom stereocenters. The molecule has 21 heavy (non-hydrogen) atoms. The van der Waals surface area contributed by atoms with Crippen molar-refractivity contribution in [1.29, 1.82) is 0 Å². The first kappa shape index (κ1) is 13.6. The van der Waals surface area contributed by atoms with Crippen molar-refractivity contribution >= 4 is 38.6 Å². The lowest BCUT2D eigenvalue weighted by molar-refractivity contribution is 0.387. The highest BCUT2D eigenvalue weighted by atomic mass is 32.1. The number of nitrogen functional groups attached to an aromatic ring is 1. The van der Waals surface area contributed by atoms with Crippen molar-refractivity contribution in [3.8, 4) is 5.75 Å². The topological polar surface area (TPSA) is 60.2 Å². The predicted octanol–water partition coefficient (Wildman–Crippen LogP) is 4.08. The van der Waals surface area contributed by atoms with Gasteiger partial charge in [-0.1, -0.05) is 0 Å². The number of hydrogen-bond donors (Lipinski definition) is 2. The Bertz CT molecular complexity index is 816. The van der Waals surface area contributed by atoms with Crippen molar-refractivity contribution in [2.75, 3.05) is 18.2 Å². The van der Waals surface area contributed by atoms with Crippen molar-refractivity contribution in [3.63, 3.8) is 0 Å². The molecule has 1 aromatic heterocycles. The molecule has 3 rings (SSSR count). The highest BCUT2D eigenvalue weighted by Gasteiger charge is 2.08. The van der Waals surface area contributed by atoms with Gasteiger partial charge in [0, 0.05) is 11.8 Å². The maximum absolute atomic E-state index is 13.4. The van der Waals surface area contributed by atoms with Gasteiger partial charge in [0.25, 0.3) is 0 Å². The fourth-order valence-electron chi connectivity index (χ4n) is 2.11. The van der Waals surface area contributed by atoms with Crippen LogP contribution in [0.1, 0.15) is 5.01 Å². The zero-order valence-corrected chi connectivity index (χ0v) is 12.4. The number of nitrogens with two attached hydrogens (primary N) is 1. The van der Waals surface area contributed by atoms with Gasteiger partial charge < -0.3 is 15.8 Å². The minimum atomic E-state index is -0.401. The summed E-state index contributed by atoms with van der Waals surface area (Å²) < 4.78 is 19.4. The van der Waals surface area contributed by atoms with Gasteiger partial charge in [-0.15, -0.1) is 11.3 Å². The molecule has 0 aliphatic heterocycles. The first-order valence-electron chi connectivity index (χ1n) is 6.34. The summed E-state index contributed by atoms with van der Waals surface area (Å²) in [6.07, 6.45) is 0. The Kier molecular flexibility index (Phi) is 3.39. The molecule has 0 spiro atoms. The van der Waals surface area contributed by atoms with Gasteiger partial charge in [-0.2, -0.15) is 0 Å². The number of aryl methyl sites for hydroxylation is 1. The Morgan fingerprint density at radius 1 is 1.29 bits per heavy atom. The molecule has 3 aromatic rings. The van der Waals surface area contributed by atoms with Crippen LogP contribution in [-0.4, -0.2) is 12.1 Å². The zero-order chi connectivity index (χ0) is 15.0. The average molecular weight is 303 g/mol. The number of thiazole rings is 1. The zero-order valence-electron chi connectivity index (χ0n) is 11.6. The number of rotatable bonds is 3. The fourth-order valence-corrected chi connectivity index (χ4v) is 2.96. The third kappa shape index (κ3) is 2.62. The van der Waals surface area contributed by atoms with Crippen molar-refractivity contribution in [1.82, 2.24) is 4.98 Å². The molecule has 0 aliphatic rings. The van der Waals surface area contributed by atoms with E-state index in [0.717, 1.165) is 20.9 Å². The van der Waals surface area contributed by atoms with E-state index in [1.165, 1.54) is 13.2 Å². The number of anilines is 3. The third-order valence-corrected chi connectivity index (χ3v) is 4.03. The Labute approximate surface area is 125 Å². The first-order chi connectivity index (χ1) is 10.1. The third-order valence-electron chi connectivity index (χ3n) is 3.10. The lowest BCUT2D eigenvalue weighted by atomic mass is 10.2. The molecular formula is C15H14FN3OS. The van der Waals surface area contributed by atoms with Crippen LogP contribution >= 0.6 is 11.3 Å². The summed E-state index contributed by atoms with van der Waals surface area (Å²) in [4.78, 5) is 4.44. The molecule has 2 aromatic carbocycles. The molecule has 0 bridgehead atoms. The van der Waals surface area contributed by atoms with Crippen LogP contribution in [-0.2, 0) is 0 Å². The summed E-state index contributed by atoms with van der Waals surface area (Å²) in [5, 5.41) is 4.16. The summed E-state index contributed by atoms with van der Waals surface area (Å²) in [7, 11) is 1.43. The Morgan fingerprint density at radius 2 is 2.10 bits per heavy atom. The van der Waals surface area contributed by atoms with Crippen LogP contribution in [0.2, 0.25) is 0 Å². The lowest BCUT2D eigenvalue weighted by Gasteiger charge is -2.11. The van der Waals surface area contributed by atoms with Crippen LogP contribution in [0, 0.1) is 12.7 Å². The molecule has 0 amide bonds. The molecule has 0 fully saturated rings. The van der Waals surface area contributed by atoms with Crippen LogP contribution in [0.15, 0.2) is 30.3 Å². The smallest absolute Gasteiger partial charge is 0.165 e. The van der Waals surface area contributed by atoms with Gasteiger partial charge in [0.1, 0.15) is 0 Å². The number of ether oxygens (including phenoxy) is 1. The minimum absolute atomic E-state index is 0.184. The molecule has 6 heteroatoms.